The zero-order valence-electron chi connectivity index (χ0n) is 15.5. The highest BCUT2D eigenvalue weighted by atomic mass is 16.5. The molecule has 0 unspecified atom stereocenters. The lowest BCUT2D eigenvalue weighted by molar-refractivity contribution is -0.146. The number of hydrogen-bond donors (Lipinski definition) is 1. The average Bonchev–Trinajstić information content (AvgIpc) is 2.63. The van der Waals surface area contributed by atoms with Gasteiger partial charge in [-0.3, -0.25) is 9.59 Å². The molecule has 26 heavy (non-hydrogen) atoms. The van der Waals surface area contributed by atoms with Crippen molar-refractivity contribution in [1.82, 2.24) is 0 Å². The monoisotopic (exact) mass is 355 g/mol. The third-order valence-corrected chi connectivity index (χ3v) is 3.95. The molecule has 5 nitrogen and oxygen atoms in total. The van der Waals surface area contributed by atoms with Crippen molar-refractivity contribution >= 4 is 17.6 Å². The van der Waals surface area contributed by atoms with Gasteiger partial charge in [-0.1, -0.05) is 37.3 Å². The van der Waals surface area contributed by atoms with E-state index in [1.165, 1.54) is 0 Å². The summed E-state index contributed by atoms with van der Waals surface area (Å²) in [5, 5.41) is 2.84. The lowest BCUT2D eigenvalue weighted by atomic mass is 10.1. The van der Waals surface area contributed by atoms with Gasteiger partial charge in [0.15, 0.2) is 6.61 Å². The summed E-state index contributed by atoms with van der Waals surface area (Å²) in [6, 6.07) is 13.1. The average molecular weight is 355 g/mol. The van der Waals surface area contributed by atoms with Gasteiger partial charge in [-0.15, -0.1) is 0 Å². The zero-order chi connectivity index (χ0) is 18.9. The van der Waals surface area contributed by atoms with Crippen LogP contribution in [-0.2, 0) is 27.2 Å². The number of para-hydroxylation sites is 1. The summed E-state index contributed by atoms with van der Waals surface area (Å²) in [5.74, 6) is -0.0205. The lowest BCUT2D eigenvalue weighted by Crippen LogP contribution is -2.22. The van der Waals surface area contributed by atoms with E-state index in [4.69, 9.17) is 9.47 Å². The summed E-state index contributed by atoms with van der Waals surface area (Å²) in [6.45, 7) is 6.18. The molecule has 0 aliphatic carbocycles. The first kappa shape index (κ1) is 19.5. The topological polar surface area (TPSA) is 64.6 Å². The second-order valence-electron chi connectivity index (χ2n) is 5.93. The molecule has 0 radical (unpaired) electrons. The molecular weight excluding hydrogens is 330 g/mol. The predicted molar refractivity (Wildman–Crippen MR) is 101 cm³/mol. The van der Waals surface area contributed by atoms with E-state index >= 15 is 0 Å². The largest absolute Gasteiger partial charge is 0.494 e. The summed E-state index contributed by atoms with van der Waals surface area (Å²) < 4.78 is 10.4. The van der Waals surface area contributed by atoms with Crippen molar-refractivity contribution < 1.29 is 19.1 Å². The Hall–Kier alpha value is -2.82. The van der Waals surface area contributed by atoms with Gasteiger partial charge in [0.05, 0.1) is 13.0 Å². The predicted octanol–water partition coefficient (Wildman–Crippen LogP) is 3.68. The molecule has 2 aromatic carbocycles. The van der Waals surface area contributed by atoms with Gasteiger partial charge in [0, 0.05) is 5.69 Å². The maximum atomic E-state index is 12.1. The van der Waals surface area contributed by atoms with E-state index in [1.807, 2.05) is 63.2 Å². The van der Waals surface area contributed by atoms with Crippen molar-refractivity contribution in [2.24, 2.45) is 0 Å². The van der Waals surface area contributed by atoms with Crippen LogP contribution in [0.4, 0.5) is 5.69 Å². The van der Waals surface area contributed by atoms with E-state index in [0.29, 0.717) is 6.61 Å². The van der Waals surface area contributed by atoms with Crippen molar-refractivity contribution in [2.45, 2.75) is 33.6 Å². The van der Waals surface area contributed by atoms with Crippen molar-refractivity contribution in [2.75, 3.05) is 18.5 Å². The molecule has 0 bridgehead atoms. The number of amides is 1. The molecular formula is C21H25NO4. The number of ether oxygens (including phenoxy) is 2. The molecule has 2 rings (SSSR count). The normalized spacial score (nSPS) is 10.3. The lowest BCUT2D eigenvalue weighted by Gasteiger charge is -2.13. The molecule has 0 aliphatic heterocycles. The number of hydrogen-bond acceptors (Lipinski definition) is 4. The van der Waals surface area contributed by atoms with Gasteiger partial charge in [-0.05, 0) is 49.1 Å². The highest BCUT2D eigenvalue weighted by Crippen LogP contribution is 2.21. The van der Waals surface area contributed by atoms with Crippen LogP contribution in [0, 0.1) is 6.92 Å². The molecule has 0 aromatic heterocycles. The highest BCUT2D eigenvalue weighted by Gasteiger charge is 2.12. The van der Waals surface area contributed by atoms with Gasteiger partial charge >= 0.3 is 5.97 Å². The Morgan fingerprint density at radius 1 is 1.04 bits per heavy atom. The maximum absolute atomic E-state index is 12.1. The standard InChI is InChI=1S/C21H25NO4/c1-4-17-8-6-7-15(3)21(17)22-19(23)14-26-20(24)13-16-9-11-18(12-10-16)25-5-2/h6-12H,4-5,13-14H2,1-3H3,(H,22,23). The van der Waals surface area contributed by atoms with E-state index in [-0.39, 0.29) is 18.9 Å². The van der Waals surface area contributed by atoms with Crippen LogP contribution in [0.1, 0.15) is 30.5 Å². The minimum atomic E-state index is -0.440. The van der Waals surface area contributed by atoms with Crippen LogP contribution in [-0.4, -0.2) is 25.1 Å². The van der Waals surface area contributed by atoms with Crippen molar-refractivity contribution in [3.63, 3.8) is 0 Å². The number of benzene rings is 2. The summed E-state index contributed by atoms with van der Waals surface area (Å²) in [5.41, 5.74) is 3.64. The van der Waals surface area contributed by atoms with Crippen LogP contribution < -0.4 is 10.1 Å². The van der Waals surface area contributed by atoms with Gasteiger partial charge in [-0.2, -0.15) is 0 Å². The smallest absolute Gasteiger partial charge is 0.310 e. The van der Waals surface area contributed by atoms with Crippen LogP contribution in [0.3, 0.4) is 0 Å². The Labute approximate surface area is 154 Å². The van der Waals surface area contributed by atoms with Gasteiger partial charge in [0.1, 0.15) is 5.75 Å². The molecule has 5 heteroatoms. The van der Waals surface area contributed by atoms with Crippen LogP contribution in [0.2, 0.25) is 0 Å². The highest BCUT2D eigenvalue weighted by molar-refractivity contribution is 5.94. The summed E-state index contributed by atoms with van der Waals surface area (Å²) in [7, 11) is 0. The van der Waals surface area contributed by atoms with Gasteiger partial charge in [0.2, 0.25) is 0 Å². The second-order valence-corrected chi connectivity index (χ2v) is 5.93. The van der Waals surface area contributed by atoms with Gasteiger partial charge in [0.25, 0.3) is 5.91 Å². The first-order valence-electron chi connectivity index (χ1n) is 8.79. The number of aryl methyl sites for hydroxylation is 2. The first-order valence-corrected chi connectivity index (χ1v) is 8.79. The number of carbonyl (C=O) groups is 2. The minimum Gasteiger partial charge on any atom is -0.494 e. The zero-order valence-corrected chi connectivity index (χ0v) is 15.5. The molecule has 0 fully saturated rings. The van der Waals surface area contributed by atoms with E-state index in [1.54, 1.807) is 0 Å². The quantitative estimate of drug-likeness (QED) is 0.734. The van der Waals surface area contributed by atoms with Crippen LogP contribution >= 0.6 is 0 Å². The number of carbonyl (C=O) groups excluding carboxylic acids is 2. The third-order valence-electron chi connectivity index (χ3n) is 3.95. The fourth-order valence-corrected chi connectivity index (χ4v) is 2.61. The molecule has 0 aliphatic rings. The van der Waals surface area contributed by atoms with E-state index in [0.717, 1.165) is 34.5 Å². The van der Waals surface area contributed by atoms with Crippen molar-refractivity contribution in [3.05, 3.63) is 59.2 Å². The molecule has 2 aromatic rings. The fourth-order valence-electron chi connectivity index (χ4n) is 2.61. The SMILES string of the molecule is CCOc1ccc(CC(=O)OCC(=O)Nc2c(C)cccc2CC)cc1. The first-order chi connectivity index (χ1) is 12.5. The van der Waals surface area contributed by atoms with Crippen molar-refractivity contribution in [3.8, 4) is 5.75 Å². The van der Waals surface area contributed by atoms with Gasteiger partial charge in [-0.25, -0.2) is 0 Å². The van der Waals surface area contributed by atoms with Crippen LogP contribution in [0.15, 0.2) is 42.5 Å². The Bertz CT molecular complexity index is 753. The Morgan fingerprint density at radius 2 is 1.77 bits per heavy atom. The Morgan fingerprint density at radius 3 is 2.42 bits per heavy atom. The molecule has 0 atom stereocenters. The second kappa shape index (κ2) is 9.61. The van der Waals surface area contributed by atoms with E-state index in [9.17, 15) is 9.59 Å². The summed E-state index contributed by atoms with van der Waals surface area (Å²) >= 11 is 0. The fraction of sp³-hybridized carbons (Fsp3) is 0.333. The minimum absolute atomic E-state index is 0.115. The van der Waals surface area contributed by atoms with Gasteiger partial charge < -0.3 is 14.8 Å². The van der Waals surface area contributed by atoms with Crippen LogP contribution in [0.25, 0.3) is 0 Å². The Balaban J connectivity index is 1.84. The number of esters is 1. The maximum Gasteiger partial charge on any atom is 0.310 e. The molecule has 1 N–H and O–H groups in total. The molecule has 0 spiro atoms. The van der Waals surface area contributed by atoms with E-state index in [2.05, 4.69) is 5.32 Å². The Kier molecular flexibility index (Phi) is 7.21. The number of rotatable bonds is 8. The summed E-state index contributed by atoms with van der Waals surface area (Å²) in [4.78, 5) is 24.0. The molecule has 0 saturated heterocycles. The number of nitrogens with one attached hydrogen (secondary N) is 1. The number of anilines is 1. The van der Waals surface area contributed by atoms with Crippen LogP contribution in [0.5, 0.6) is 5.75 Å². The molecule has 0 saturated carbocycles. The third kappa shape index (κ3) is 5.62. The summed E-state index contributed by atoms with van der Waals surface area (Å²) in [6.07, 6.45) is 0.930. The molecule has 0 heterocycles. The van der Waals surface area contributed by atoms with Crippen molar-refractivity contribution in [1.29, 1.82) is 0 Å². The van der Waals surface area contributed by atoms with E-state index < -0.39 is 5.97 Å². The molecule has 1 amide bonds. The molecule has 138 valence electrons.